The molecule has 0 bridgehead atoms. The molecule has 1 unspecified atom stereocenters. The average Bonchev–Trinajstić information content (AvgIpc) is 2.61. The van der Waals surface area contributed by atoms with Crippen LogP contribution < -0.4 is 5.32 Å². The largest absolute Gasteiger partial charge is 0.357 e. The van der Waals surface area contributed by atoms with Crippen LogP contribution in [0.15, 0.2) is 53.0 Å². The van der Waals surface area contributed by atoms with Crippen molar-refractivity contribution in [1.29, 1.82) is 0 Å². The molecule has 0 spiro atoms. The van der Waals surface area contributed by atoms with E-state index >= 15 is 0 Å². The fourth-order valence-electron chi connectivity index (χ4n) is 2.46. The monoisotopic (exact) mass is 406 g/mol. The second-order valence-electron chi connectivity index (χ2n) is 5.74. The summed E-state index contributed by atoms with van der Waals surface area (Å²) in [6, 6.07) is 12.8. The highest BCUT2D eigenvalue weighted by atomic mass is 79.9. The average molecular weight is 407 g/mol. The highest BCUT2D eigenvalue weighted by molar-refractivity contribution is 9.10. The lowest BCUT2D eigenvalue weighted by Gasteiger charge is -2.28. The molecule has 4 nitrogen and oxygen atoms in total. The number of hydrogen-bond donors (Lipinski definition) is 1. The molecule has 2 aromatic rings. The Morgan fingerprint density at radius 1 is 1.08 bits per heavy atom. The Kier molecular flexibility index (Phi) is 6.70. The summed E-state index contributed by atoms with van der Waals surface area (Å²) in [5.41, 5.74) is 1.63. The second kappa shape index (κ2) is 8.76. The number of amides is 2. The number of hydrogen-bond acceptors (Lipinski definition) is 2. The molecule has 0 saturated carbocycles. The van der Waals surface area contributed by atoms with Gasteiger partial charge in [-0.05, 0) is 42.3 Å². The van der Waals surface area contributed by atoms with Crippen molar-refractivity contribution in [1.82, 2.24) is 10.2 Å². The topological polar surface area (TPSA) is 49.4 Å². The minimum absolute atomic E-state index is 0.109. The first-order valence-electron chi connectivity index (χ1n) is 7.90. The third-order valence-electron chi connectivity index (χ3n) is 3.95. The first-order valence-corrected chi connectivity index (χ1v) is 8.70. The van der Waals surface area contributed by atoms with E-state index in [1.165, 1.54) is 17.0 Å². The summed E-state index contributed by atoms with van der Waals surface area (Å²) in [6.07, 6.45) is 0.109. The Bertz CT molecular complexity index is 732. The van der Waals surface area contributed by atoms with E-state index in [1.807, 2.05) is 24.3 Å². The van der Waals surface area contributed by atoms with Crippen LogP contribution in [-0.2, 0) is 22.6 Å². The van der Waals surface area contributed by atoms with Crippen molar-refractivity contribution in [2.45, 2.75) is 25.9 Å². The van der Waals surface area contributed by atoms with Crippen molar-refractivity contribution in [2.75, 3.05) is 7.05 Å². The third-order valence-corrected chi connectivity index (χ3v) is 4.48. The van der Waals surface area contributed by atoms with Gasteiger partial charge in [-0.25, -0.2) is 4.39 Å². The van der Waals surface area contributed by atoms with Crippen LogP contribution in [0.1, 0.15) is 18.1 Å². The van der Waals surface area contributed by atoms with E-state index < -0.39 is 6.04 Å². The summed E-state index contributed by atoms with van der Waals surface area (Å²) in [6.45, 7) is 2.02. The summed E-state index contributed by atoms with van der Waals surface area (Å²) in [7, 11) is 1.54. The molecule has 0 saturated heterocycles. The van der Waals surface area contributed by atoms with Gasteiger partial charge in [-0.3, -0.25) is 9.59 Å². The predicted molar refractivity (Wildman–Crippen MR) is 98.3 cm³/mol. The molecule has 0 radical (unpaired) electrons. The summed E-state index contributed by atoms with van der Waals surface area (Å²) >= 11 is 3.38. The van der Waals surface area contributed by atoms with Gasteiger partial charge in [0.15, 0.2) is 0 Å². The van der Waals surface area contributed by atoms with Gasteiger partial charge in [-0.15, -0.1) is 0 Å². The molecule has 2 amide bonds. The van der Waals surface area contributed by atoms with Crippen molar-refractivity contribution >= 4 is 27.7 Å². The van der Waals surface area contributed by atoms with Gasteiger partial charge >= 0.3 is 0 Å². The molecular weight excluding hydrogens is 387 g/mol. The van der Waals surface area contributed by atoms with Crippen LogP contribution in [0.3, 0.4) is 0 Å². The van der Waals surface area contributed by atoms with E-state index in [9.17, 15) is 14.0 Å². The van der Waals surface area contributed by atoms with Crippen LogP contribution in [-0.4, -0.2) is 29.8 Å². The molecule has 6 heteroatoms. The number of nitrogens with zero attached hydrogens (tertiary/aromatic N) is 1. The van der Waals surface area contributed by atoms with Crippen LogP contribution >= 0.6 is 15.9 Å². The third kappa shape index (κ3) is 5.39. The van der Waals surface area contributed by atoms with Crippen LogP contribution in [0.4, 0.5) is 4.39 Å². The minimum Gasteiger partial charge on any atom is -0.357 e. The molecular formula is C19H20BrFN2O2. The van der Waals surface area contributed by atoms with E-state index in [0.717, 1.165) is 10.0 Å². The zero-order chi connectivity index (χ0) is 18.4. The number of carbonyl (C=O) groups is 2. The zero-order valence-corrected chi connectivity index (χ0v) is 15.7. The van der Waals surface area contributed by atoms with Crippen molar-refractivity contribution in [2.24, 2.45) is 0 Å². The van der Waals surface area contributed by atoms with Gasteiger partial charge in [0.25, 0.3) is 0 Å². The Labute approximate surface area is 155 Å². The van der Waals surface area contributed by atoms with Crippen LogP contribution in [0.2, 0.25) is 0 Å². The first-order chi connectivity index (χ1) is 11.9. The number of likely N-dealkylation sites (N-methyl/N-ethyl adjacent to an activating group) is 1. The molecule has 0 aliphatic rings. The standard InChI is InChI=1S/C19H20BrFN2O2/c1-13(19(25)22-2)23(12-15-3-7-16(20)8-4-15)18(24)11-14-5-9-17(21)10-6-14/h3-10,13H,11-12H2,1-2H3,(H,22,25). The molecule has 0 aliphatic carbocycles. The van der Waals surface area contributed by atoms with Gasteiger partial charge in [0.1, 0.15) is 11.9 Å². The summed E-state index contributed by atoms with van der Waals surface area (Å²) in [4.78, 5) is 26.3. The van der Waals surface area contributed by atoms with Crippen LogP contribution in [0, 0.1) is 5.82 Å². The molecule has 1 atom stereocenters. The lowest BCUT2D eigenvalue weighted by molar-refractivity contribution is -0.139. The molecule has 2 aromatic carbocycles. The Morgan fingerprint density at radius 3 is 2.20 bits per heavy atom. The van der Waals surface area contributed by atoms with Crippen molar-refractivity contribution in [3.8, 4) is 0 Å². The second-order valence-corrected chi connectivity index (χ2v) is 6.66. The van der Waals surface area contributed by atoms with Crippen molar-refractivity contribution in [3.05, 3.63) is 69.9 Å². The first kappa shape index (κ1) is 19.1. The Hall–Kier alpha value is -2.21. The van der Waals surface area contributed by atoms with E-state index in [1.54, 1.807) is 26.1 Å². The van der Waals surface area contributed by atoms with Crippen molar-refractivity contribution < 1.29 is 14.0 Å². The molecule has 132 valence electrons. The number of halogens is 2. The summed E-state index contributed by atoms with van der Waals surface area (Å²) in [5, 5.41) is 2.58. The molecule has 0 aliphatic heterocycles. The van der Waals surface area contributed by atoms with E-state index in [4.69, 9.17) is 0 Å². The molecule has 25 heavy (non-hydrogen) atoms. The smallest absolute Gasteiger partial charge is 0.242 e. The van der Waals surface area contributed by atoms with E-state index in [0.29, 0.717) is 12.1 Å². The Balaban J connectivity index is 2.20. The van der Waals surface area contributed by atoms with Gasteiger partial charge in [0, 0.05) is 18.1 Å². The zero-order valence-electron chi connectivity index (χ0n) is 14.1. The summed E-state index contributed by atoms with van der Waals surface area (Å²) in [5.74, 6) is -0.767. The maximum Gasteiger partial charge on any atom is 0.242 e. The normalized spacial score (nSPS) is 11.7. The SMILES string of the molecule is CNC(=O)C(C)N(Cc1ccc(Br)cc1)C(=O)Cc1ccc(F)cc1. The highest BCUT2D eigenvalue weighted by Crippen LogP contribution is 2.15. The molecule has 2 rings (SSSR count). The van der Waals surface area contributed by atoms with E-state index in [-0.39, 0.29) is 24.1 Å². The van der Waals surface area contributed by atoms with Gasteiger partial charge in [0.05, 0.1) is 6.42 Å². The van der Waals surface area contributed by atoms with E-state index in [2.05, 4.69) is 21.2 Å². The predicted octanol–water partition coefficient (Wildman–Crippen LogP) is 3.29. The fourth-order valence-corrected chi connectivity index (χ4v) is 2.72. The van der Waals surface area contributed by atoms with Crippen LogP contribution in [0.5, 0.6) is 0 Å². The van der Waals surface area contributed by atoms with Crippen LogP contribution in [0.25, 0.3) is 0 Å². The molecule has 0 fully saturated rings. The summed E-state index contributed by atoms with van der Waals surface area (Å²) < 4.78 is 14.0. The fraction of sp³-hybridized carbons (Fsp3) is 0.263. The number of benzene rings is 2. The molecule has 0 heterocycles. The Morgan fingerprint density at radius 2 is 1.64 bits per heavy atom. The van der Waals surface area contributed by atoms with Crippen molar-refractivity contribution in [3.63, 3.8) is 0 Å². The highest BCUT2D eigenvalue weighted by Gasteiger charge is 2.25. The van der Waals surface area contributed by atoms with Gasteiger partial charge in [0.2, 0.25) is 11.8 Å². The molecule has 0 aromatic heterocycles. The van der Waals surface area contributed by atoms with Gasteiger partial charge in [-0.1, -0.05) is 40.2 Å². The van der Waals surface area contributed by atoms with Gasteiger partial charge < -0.3 is 10.2 Å². The van der Waals surface area contributed by atoms with Gasteiger partial charge in [-0.2, -0.15) is 0 Å². The minimum atomic E-state index is -0.610. The lowest BCUT2D eigenvalue weighted by atomic mass is 10.1. The quantitative estimate of drug-likeness (QED) is 0.799. The lowest BCUT2D eigenvalue weighted by Crippen LogP contribution is -2.47. The number of nitrogens with one attached hydrogen (secondary N) is 1. The molecule has 1 N–H and O–H groups in total. The maximum atomic E-state index is 13.0. The number of carbonyl (C=O) groups excluding carboxylic acids is 2. The maximum absolute atomic E-state index is 13.0. The number of rotatable bonds is 6.